The van der Waals surface area contributed by atoms with E-state index in [1.54, 1.807) is 18.2 Å². The minimum Gasteiger partial charge on any atom is -0.377 e. The average Bonchev–Trinajstić information content (AvgIpc) is 2.45. The maximum atomic E-state index is 10.8. The number of benzene rings is 1. The fraction of sp³-hybridized carbons (Fsp3) is 0.538. The zero-order valence-corrected chi connectivity index (χ0v) is 10.8. The van der Waals surface area contributed by atoms with Crippen molar-refractivity contribution in [1.29, 1.82) is 0 Å². The highest BCUT2D eigenvalue weighted by Gasteiger charge is 2.14. The molecule has 1 aliphatic heterocycles. The van der Waals surface area contributed by atoms with E-state index in [0.717, 1.165) is 25.9 Å². The molecule has 1 aliphatic rings. The normalized spacial score (nSPS) is 16.2. The van der Waals surface area contributed by atoms with E-state index in [4.69, 9.17) is 4.74 Å². The molecule has 0 aromatic heterocycles. The molecule has 1 fully saturated rings. The number of anilines is 1. The molecule has 104 valence electrons. The van der Waals surface area contributed by atoms with Crippen molar-refractivity contribution in [2.45, 2.75) is 18.9 Å². The smallest absolute Gasteiger partial charge is 0.292 e. The Balaban J connectivity index is 1.74. The molecule has 2 N–H and O–H groups in total. The summed E-state index contributed by atoms with van der Waals surface area (Å²) in [6, 6.07) is 6.65. The van der Waals surface area contributed by atoms with E-state index < -0.39 is 0 Å². The van der Waals surface area contributed by atoms with Crippen molar-refractivity contribution in [3.05, 3.63) is 34.4 Å². The minimum absolute atomic E-state index is 0.101. The molecule has 19 heavy (non-hydrogen) atoms. The number of piperidine rings is 1. The minimum atomic E-state index is -0.379. The lowest BCUT2D eigenvalue weighted by atomic mass is 10.1. The van der Waals surface area contributed by atoms with E-state index in [1.165, 1.54) is 6.07 Å². The number of hydrogen-bond donors (Lipinski definition) is 2. The number of hydrogen-bond acceptors (Lipinski definition) is 5. The third kappa shape index (κ3) is 4.18. The number of para-hydroxylation sites is 2. The molecular weight excluding hydrogens is 246 g/mol. The molecule has 2 rings (SSSR count). The first-order chi connectivity index (χ1) is 9.27. The van der Waals surface area contributed by atoms with E-state index in [1.807, 2.05) is 0 Å². The molecule has 1 aromatic rings. The summed E-state index contributed by atoms with van der Waals surface area (Å²) in [4.78, 5) is 10.5. The maximum Gasteiger partial charge on any atom is 0.292 e. The summed E-state index contributed by atoms with van der Waals surface area (Å²) < 4.78 is 5.73. The Labute approximate surface area is 112 Å². The summed E-state index contributed by atoms with van der Waals surface area (Å²) in [5.74, 6) is 0. The predicted octanol–water partition coefficient (Wildman–Crippen LogP) is 1.78. The van der Waals surface area contributed by atoms with Crippen LogP contribution in [0.1, 0.15) is 12.8 Å². The van der Waals surface area contributed by atoms with Gasteiger partial charge in [0.25, 0.3) is 5.69 Å². The van der Waals surface area contributed by atoms with Crippen LogP contribution in [0.25, 0.3) is 0 Å². The van der Waals surface area contributed by atoms with Crippen LogP contribution in [-0.4, -0.2) is 37.3 Å². The van der Waals surface area contributed by atoms with Crippen LogP contribution >= 0.6 is 0 Å². The highest BCUT2D eigenvalue weighted by molar-refractivity contribution is 5.60. The largest absolute Gasteiger partial charge is 0.377 e. The highest BCUT2D eigenvalue weighted by Crippen LogP contribution is 2.22. The first kappa shape index (κ1) is 13.8. The maximum absolute atomic E-state index is 10.8. The van der Waals surface area contributed by atoms with Gasteiger partial charge in [0.15, 0.2) is 0 Å². The fourth-order valence-corrected chi connectivity index (χ4v) is 2.16. The lowest BCUT2D eigenvalue weighted by Crippen LogP contribution is -2.33. The highest BCUT2D eigenvalue weighted by atomic mass is 16.6. The van der Waals surface area contributed by atoms with Gasteiger partial charge in [-0.2, -0.15) is 0 Å². The monoisotopic (exact) mass is 265 g/mol. The Kier molecular flexibility index (Phi) is 5.11. The van der Waals surface area contributed by atoms with E-state index in [2.05, 4.69) is 10.6 Å². The van der Waals surface area contributed by atoms with Crippen LogP contribution in [0.4, 0.5) is 11.4 Å². The Bertz CT molecular complexity index is 419. The number of nitrogens with one attached hydrogen (secondary N) is 2. The van der Waals surface area contributed by atoms with Gasteiger partial charge in [-0.1, -0.05) is 12.1 Å². The molecular formula is C13H19N3O3. The van der Waals surface area contributed by atoms with Gasteiger partial charge in [-0.05, 0) is 32.0 Å². The van der Waals surface area contributed by atoms with Crippen molar-refractivity contribution >= 4 is 11.4 Å². The van der Waals surface area contributed by atoms with E-state index in [9.17, 15) is 10.1 Å². The zero-order valence-electron chi connectivity index (χ0n) is 10.8. The van der Waals surface area contributed by atoms with Gasteiger partial charge in [-0.3, -0.25) is 10.1 Å². The number of rotatable bonds is 6. The van der Waals surface area contributed by atoms with E-state index in [0.29, 0.717) is 24.9 Å². The molecule has 0 bridgehead atoms. The van der Waals surface area contributed by atoms with Crippen LogP contribution in [0.2, 0.25) is 0 Å². The third-order valence-corrected chi connectivity index (χ3v) is 3.16. The summed E-state index contributed by atoms with van der Waals surface area (Å²) in [6.45, 7) is 3.15. The van der Waals surface area contributed by atoms with Crippen molar-refractivity contribution in [1.82, 2.24) is 5.32 Å². The van der Waals surface area contributed by atoms with Crippen LogP contribution in [0.5, 0.6) is 0 Å². The van der Waals surface area contributed by atoms with Crippen LogP contribution in [0.15, 0.2) is 24.3 Å². The fourth-order valence-electron chi connectivity index (χ4n) is 2.16. The molecule has 1 saturated heterocycles. The van der Waals surface area contributed by atoms with E-state index >= 15 is 0 Å². The topological polar surface area (TPSA) is 76.4 Å². The van der Waals surface area contributed by atoms with Gasteiger partial charge in [0, 0.05) is 12.6 Å². The summed E-state index contributed by atoms with van der Waals surface area (Å²) >= 11 is 0. The van der Waals surface area contributed by atoms with Crippen LogP contribution < -0.4 is 10.6 Å². The SMILES string of the molecule is O=[N+]([O-])c1ccccc1NCCOC1CCNCC1. The van der Waals surface area contributed by atoms with Crippen molar-refractivity contribution in [2.24, 2.45) is 0 Å². The summed E-state index contributed by atoms with van der Waals surface area (Å²) in [5.41, 5.74) is 0.644. The number of nitro groups is 1. The van der Waals surface area contributed by atoms with Gasteiger partial charge in [0.05, 0.1) is 17.6 Å². The molecule has 0 unspecified atom stereocenters. The Morgan fingerprint density at radius 3 is 2.84 bits per heavy atom. The van der Waals surface area contributed by atoms with Crippen LogP contribution in [-0.2, 0) is 4.74 Å². The summed E-state index contributed by atoms with van der Waals surface area (Å²) in [7, 11) is 0. The first-order valence-corrected chi connectivity index (χ1v) is 6.57. The molecule has 6 heteroatoms. The van der Waals surface area contributed by atoms with Crippen LogP contribution in [0, 0.1) is 10.1 Å². The zero-order chi connectivity index (χ0) is 13.5. The van der Waals surface area contributed by atoms with Gasteiger partial charge in [0.2, 0.25) is 0 Å². The molecule has 0 spiro atoms. The van der Waals surface area contributed by atoms with Crippen molar-refractivity contribution in [2.75, 3.05) is 31.6 Å². The quantitative estimate of drug-likeness (QED) is 0.466. The predicted molar refractivity (Wildman–Crippen MR) is 73.4 cm³/mol. The lowest BCUT2D eigenvalue weighted by molar-refractivity contribution is -0.384. The Morgan fingerprint density at radius 2 is 2.11 bits per heavy atom. The van der Waals surface area contributed by atoms with Crippen molar-refractivity contribution in [3.8, 4) is 0 Å². The van der Waals surface area contributed by atoms with Gasteiger partial charge in [-0.25, -0.2) is 0 Å². The molecule has 0 amide bonds. The molecule has 6 nitrogen and oxygen atoms in total. The Hall–Kier alpha value is -1.66. The second-order valence-corrected chi connectivity index (χ2v) is 4.52. The molecule has 0 saturated carbocycles. The van der Waals surface area contributed by atoms with Gasteiger partial charge in [-0.15, -0.1) is 0 Å². The van der Waals surface area contributed by atoms with Gasteiger partial charge < -0.3 is 15.4 Å². The average molecular weight is 265 g/mol. The standard InChI is InChI=1S/C13H19N3O3/c17-16(18)13-4-2-1-3-12(13)15-9-10-19-11-5-7-14-8-6-11/h1-4,11,14-15H,5-10H2. The van der Waals surface area contributed by atoms with Crippen molar-refractivity contribution < 1.29 is 9.66 Å². The van der Waals surface area contributed by atoms with Crippen molar-refractivity contribution in [3.63, 3.8) is 0 Å². The van der Waals surface area contributed by atoms with Gasteiger partial charge in [0.1, 0.15) is 5.69 Å². The molecule has 0 atom stereocenters. The molecule has 0 aliphatic carbocycles. The van der Waals surface area contributed by atoms with Crippen LogP contribution in [0.3, 0.4) is 0 Å². The second-order valence-electron chi connectivity index (χ2n) is 4.52. The number of ether oxygens (including phenoxy) is 1. The second kappa shape index (κ2) is 7.06. The molecule has 0 radical (unpaired) electrons. The number of nitro benzene ring substituents is 1. The molecule has 1 aromatic carbocycles. The Morgan fingerprint density at radius 1 is 1.37 bits per heavy atom. The number of nitrogens with zero attached hydrogens (tertiary/aromatic N) is 1. The first-order valence-electron chi connectivity index (χ1n) is 6.57. The third-order valence-electron chi connectivity index (χ3n) is 3.16. The molecule has 1 heterocycles. The summed E-state index contributed by atoms with van der Waals surface area (Å²) in [5, 5.41) is 17.2. The van der Waals surface area contributed by atoms with Gasteiger partial charge >= 0.3 is 0 Å². The lowest BCUT2D eigenvalue weighted by Gasteiger charge is -2.23. The van der Waals surface area contributed by atoms with E-state index in [-0.39, 0.29) is 10.6 Å². The summed E-state index contributed by atoms with van der Waals surface area (Å²) in [6.07, 6.45) is 2.38.